The van der Waals surface area contributed by atoms with Crippen molar-refractivity contribution in [2.75, 3.05) is 5.32 Å². The van der Waals surface area contributed by atoms with Gasteiger partial charge in [0.15, 0.2) is 0 Å². The van der Waals surface area contributed by atoms with Crippen LogP contribution in [0.4, 0.5) is 5.69 Å². The molecule has 1 aromatic heterocycles. The molecule has 1 heterocycles. The number of sulfonamides is 1. The molecule has 0 fully saturated rings. The molecular weight excluding hydrogens is 346 g/mol. The average molecular weight is 361 g/mol. The molecular formula is C16H15N3O3S2. The fourth-order valence-corrected chi connectivity index (χ4v) is 3.68. The first-order valence-electron chi connectivity index (χ1n) is 7.19. The van der Waals surface area contributed by atoms with E-state index in [4.69, 9.17) is 5.14 Å². The summed E-state index contributed by atoms with van der Waals surface area (Å²) in [7, 11) is -3.73. The van der Waals surface area contributed by atoms with Crippen LogP contribution in [0, 0.1) is 0 Å². The molecule has 0 spiro atoms. The highest BCUT2D eigenvalue weighted by Crippen LogP contribution is 2.22. The Morgan fingerprint density at radius 3 is 2.50 bits per heavy atom. The second kappa shape index (κ2) is 6.68. The van der Waals surface area contributed by atoms with E-state index in [9.17, 15) is 13.2 Å². The molecule has 124 valence electrons. The number of nitrogens with one attached hydrogen (secondary N) is 1. The van der Waals surface area contributed by atoms with Crippen molar-refractivity contribution in [2.24, 2.45) is 5.14 Å². The van der Waals surface area contributed by atoms with Crippen LogP contribution in [-0.2, 0) is 21.2 Å². The number of anilines is 1. The van der Waals surface area contributed by atoms with Gasteiger partial charge in [-0.3, -0.25) is 4.79 Å². The number of aryl methyl sites for hydroxylation is 1. The summed E-state index contributed by atoms with van der Waals surface area (Å²) < 4.78 is 23.5. The highest BCUT2D eigenvalue weighted by molar-refractivity contribution is 7.89. The zero-order chi connectivity index (χ0) is 17.2. The zero-order valence-electron chi connectivity index (χ0n) is 12.6. The number of carbonyl (C=O) groups excluding carboxylic acids is 1. The molecule has 0 saturated heterocycles. The van der Waals surface area contributed by atoms with Crippen LogP contribution in [-0.4, -0.2) is 19.3 Å². The molecule has 3 N–H and O–H groups in total. The van der Waals surface area contributed by atoms with Crippen LogP contribution < -0.4 is 10.5 Å². The number of rotatable bonds is 5. The quantitative estimate of drug-likeness (QED) is 0.729. The van der Waals surface area contributed by atoms with E-state index in [1.807, 2.05) is 24.3 Å². The summed E-state index contributed by atoms with van der Waals surface area (Å²) in [5, 5.41) is 8.67. The first-order valence-corrected chi connectivity index (χ1v) is 9.55. The van der Waals surface area contributed by atoms with Crippen molar-refractivity contribution >= 4 is 43.2 Å². The number of primary sulfonamides is 1. The van der Waals surface area contributed by atoms with Crippen LogP contribution >= 0.6 is 11.3 Å². The molecule has 6 nitrogen and oxygen atoms in total. The maximum Gasteiger partial charge on any atom is 0.238 e. The number of carbonyl (C=O) groups is 1. The summed E-state index contributed by atoms with van der Waals surface area (Å²) >= 11 is 1.58. The van der Waals surface area contributed by atoms with Gasteiger partial charge >= 0.3 is 0 Å². The summed E-state index contributed by atoms with van der Waals surface area (Å²) in [6, 6.07) is 13.6. The van der Waals surface area contributed by atoms with Crippen molar-refractivity contribution in [3.05, 3.63) is 53.5 Å². The van der Waals surface area contributed by atoms with Crippen molar-refractivity contribution in [1.82, 2.24) is 4.98 Å². The van der Waals surface area contributed by atoms with Crippen molar-refractivity contribution in [2.45, 2.75) is 17.7 Å². The molecule has 8 heteroatoms. The van der Waals surface area contributed by atoms with Crippen molar-refractivity contribution in [1.29, 1.82) is 0 Å². The fraction of sp³-hybridized carbons (Fsp3) is 0.125. The lowest BCUT2D eigenvalue weighted by atomic mass is 10.2. The second-order valence-electron chi connectivity index (χ2n) is 5.19. The maximum absolute atomic E-state index is 12.0. The molecule has 0 aliphatic carbocycles. The lowest BCUT2D eigenvalue weighted by molar-refractivity contribution is -0.116. The Kier molecular flexibility index (Phi) is 4.61. The number of fused-ring (bicyclic) bond motifs is 1. The molecule has 3 rings (SSSR count). The van der Waals surface area contributed by atoms with Crippen LogP contribution in [0.15, 0.2) is 53.4 Å². The number of hydrogen-bond acceptors (Lipinski definition) is 5. The fourth-order valence-electron chi connectivity index (χ4n) is 2.20. The van der Waals surface area contributed by atoms with E-state index in [1.165, 1.54) is 24.3 Å². The van der Waals surface area contributed by atoms with Crippen LogP contribution in [0.5, 0.6) is 0 Å². The molecule has 24 heavy (non-hydrogen) atoms. The first kappa shape index (κ1) is 16.6. The third kappa shape index (κ3) is 3.97. The molecule has 3 aromatic rings. The van der Waals surface area contributed by atoms with E-state index in [0.29, 0.717) is 18.5 Å². The van der Waals surface area contributed by atoms with Crippen LogP contribution in [0.25, 0.3) is 10.2 Å². The highest BCUT2D eigenvalue weighted by atomic mass is 32.2. The summed E-state index contributed by atoms with van der Waals surface area (Å²) in [6.45, 7) is 0. The number of thiazole rings is 1. The topological polar surface area (TPSA) is 102 Å². The minimum atomic E-state index is -3.73. The van der Waals surface area contributed by atoms with E-state index in [-0.39, 0.29) is 10.8 Å². The van der Waals surface area contributed by atoms with Crippen LogP contribution in [0.2, 0.25) is 0 Å². The van der Waals surface area contributed by atoms with Gasteiger partial charge in [0.2, 0.25) is 15.9 Å². The number of para-hydroxylation sites is 1. The Balaban J connectivity index is 1.59. The van der Waals surface area contributed by atoms with E-state index in [0.717, 1.165) is 15.2 Å². The molecule has 0 radical (unpaired) electrons. The normalized spacial score (nSPS) is 11.5. The van der Waals surface area contributed by atoms with Crippen LogP contribution in [0.1, 0.15) is 11.4 Å². The van der Waals surface area contributed by atoms with E-state index < -0.39 is 10.0 Å². The predicted molar refractivity (Wildman–Crippen MR) is 94.4 cm³/mol. The third-order valence-corrected chi connectivity index (χ3v) is 5.40. The molecule has 0 bridgehead atoms. The van der Waals surface area contributed by atoms with Gasteiger partial charge in [-0.15, -0.1) is 11.3 Å². The number of hydrogen-bond donors (Lipinski definition) is 2. The Morgan fingerprint density at radius 2 is 1.83 bits per heavy atom. The zero-order valence-corrected chi connectivity index (χ0v) is 14.2. The van der Waals surface area contributed by atoms with Gasteiger partial charge in [0, 0.05) is 18.5 Å². The second-order valence-corrected chi connectivity index (χ2v) is 7.87. The van der Waals surface area contributed by atoms with Gasteiger partial charge in [0.05, 0.1) is 20.1 Å². The van der Waals surface area contributed by atoms with E-state index in [1.54, 1.807) is 11.3 Å². The predicted octanol–water partition coefficient (Wildman–Crippen LogP) is 2.52. The van der Waals surface area contributed by atoms with Crippen molar-refractivity contribution < 1.29 is 13.2 Å². The first-order chi connectivity index (χ1) is 11.4. The minimum Gasteiger partial charge on any atom is -0.326 e. The number of aromatic nitrogens is 1. The lowest BCUT2D eigenvalue weighted by Crippen LogP contribution is -2.14. The van der Waals surface area contributed by atoms with Crippen LogP contribution in [0.3, 0.4) is 0 Å². The summed E-state index contributed by atoms with van der Waals surface area (Å²) in [4.78, 5) is 16.5. The maximum atomic E-state index is 12.0. The summed E-state index contributed by atoms with van der Waals surface area (Å²) in [5.41, 5.74) is 1.47. The van der Waals surface area contributed by atoms with Gasteiger partial charge in [-0.25, -0.2) is 18.5 Å². The number of nitrogens with two attached hydrogens (primary N) is 1. The van der Waals surface area contributed by atoms with Gasteiger partial charge in [-0.2, -0.15) is 0 Å². The Labute approximate surface area is 143 Å². The van der Waals surface area contributed by atoms with Gasteiger partial charge in [-0.05, 0) is 36.4 Å². The number of nitrogens with zero attached hydrogens (tertiary/aromatic N) is 1. The molecule has 2 aromatic carbocycles. The van der Waals surface area contributed by atoms with Gasteiger partial charge in [0.1, 0.15) is 0 Å². The van der Waals surface area contributed by atoms with Crippen molar-refractivity contribution in [3.8, 4) is 0 Å². The SMILES string of the molecule is NS(=O)(=O)c1ccc(NC(=O)CCc2nc3ccccc3s2)cc1. The van der Waals surface area contributed by atoms with Crippen molar-refractivity contribution in [3.63, 3.8) is 0 Å². The third-order valence-electron chi connectivity index (χ3n) is 3.37. The average Bonchev–Trinajstić information content (AvgIpc) is 2.95. The standard InChI is InChI=1S/C16H15N3O3S2/c17-24(21,22)12-7-5-11(6-8-12)18-15(20)9-10-16-19-13-3-1-2-4-14(13)23-16/h1-8H,9-10H2,(H,18,20)(H2,17,21,22). The smallest absolute Gasteiger partial charge is 0.238 e. The van der Waals surface area contributed by atoms with Gasteiger partial charge < -0.3 is 5.32 Å². The van der Waals surface area contributed by atoms with E-state index >= 15 is 0 Å². The minimum absolute atomic E-state index is 0.00924. The summed E-state index contributed by atoms with van der Waals surface area (Å²) in [5.74, 6) is -0.155. The van der Waals surface area contributed by atoms with E-state index in [2.05, 4.69) is 10.3 Å². The molecule has 0 aliphatic heterocycles. The Bertz CT molecular complexity index is 946. The molecule has 0 aliphatic rings. The largest absolute Gasteiger partial charge is 0.326 e. The van der Waals surface area contributed by atoms with Gasteiger partial charge in [-0.1, -0.05) is 12.1 Å². The number of amides is 1. The lowest BCUT2D eigenvalue weighted by Gasteiger charge is -2.05. The monoisotopic (exact) mass is 361 g/mol. The van der Waals surface area contributed by atoms with Gasteiger partial charge in [0.25, 0.3) is 0 Å². The molecule has 0 unspecified atom stereocenters. The molecule has 0 saturated carbocycles. The highest BCUT2D eigenvalue weighted by Gasteiger charge is 2.09. The Hall–Kier alpha value is -2.29. The summed E-state index contributed by atoms with van der Waals surface area (Å²) in [6.07, 6.45) is 0.858. The molecule has 0 atom stereocenters. The Morgan fingerprint density at radius 1 is 1.12 bits per heavy atom. The molecule has 1 amide bonds. The number of benzene rings is 2.